The maximum absolute atomic E-state index is 10.8. The van der Waals surface area contributed by atoms with Crippen molar-refractivity contribution in [2.45, 2.75) is 20.8 Å². The standard InChI is InChI=1S/C11H16N2O/c1-4-12-11-7-10(13-9(3)14)6-5-8(11)2/h5-7,12H,4H2,1-3H3,(H,13,14). The lowest BCUT2D eigenvalue weighted by molar-refractivity contribution is -0.114. The van der Waals surface area contributed by atoms with Gasteiger partial charge in [0.15, 0.2) is 0 Å². The fraction of sp³-hybridized carbons (Fsp3) is 0.364. The molecule has 0 unspecified atom stereocenters. The molecule has 0 heterocycles. The molecule has 0 saturated heterocycles. The Kier molecular flexibility index (Phi) is 3.51. The van der Waals surface area contributed by atoms with Crippen molar-refractivity contribution in [1.29, 1.82) is 0 Å². The summed E-state index contributed by atoms with van der Waals surface area (Å²) in [7, 11) is 0. The lowest BCUT2D eigenvalue weighted by atomic mass is 10.2. The van der Waals surface area contributed by atoms with E-state index in [0.717, 1.165) is 17.9 Å². The Balaban J connectivity index is 2.88. The Bertz CT molecular complexity index is 334. The minimum atomic E-state index is -0.0451. The molecule has 3 nitrogen and oxygen atoms in total. The van der Waals surface area contributed by atoms with E-state index in [-0.39, 0.29) is 5.91 Å². The minimum Gasteiger partial charge on any atom is -0.385 e. The Hall–Kier alpha value is -1.51. The van der Waals surface area contributed by atoms with E-state index in [9.17, 15) is 4.79 Å². The number of carbonyl (C=O) groups excluding carboxylic acids is 1. The summed E-state index contributed by atoms with van der Waals surface area (Å²) in [6.45, 7) is 6.47. The third-order valence-electron chi connectivity index (χ3n) is 1.93. The number of anilines is 2. The molecule has 0 aliphatic rings. The van der Waals surface area contributed by atoms with Gasteiger partial charge >= 0.3 is 0 Å². The van der Waals surface area contributed by atoms with Crippen LogP contribution in [-0.2, 0) is 4.79 Å². The van der Waals surface area contributed by atoms with Crippen LogP contribution in [0.4, 0.5) is 11.4 Å². The molecular weight excluding hydrogens is 176 g/mol. The van der Waals surface area contributed by atoms with E-state index < -0.39 is 0 Å². The summed E-state index contributed by atoms with van der Waals surface area (Å²) in [4.78, 5) is 10.8. The van der Waals surface area contributed by atoms with Crippen LogP contribution in [0.1, 0.15) is 19.4 Å². The van der Waals surface area contributed by atoms with E-state index in [1.54, 1.807) is 0 Å². The van der Waals surface area contributed by atoms with Crippen molar-refractivity contribution in [3.63, 3.8) is 0 Å². The Labute approximate surface area is 84.5 Å². The van der Waals surface area contributed by atoms with Crippen molar-refractivity contribution >= 4 is 17.3 Å². The second-order valence-electron chi connectivity index (χ2n) is 3.24. The zero-order chi connectivity index (χ0) is 10.6. The van der Waals surface area contributed by atoms with Gasteiger partial charge in [0, 0.05) is 24.8 Å². The van der Waals surface area contributed by atoms with Gasteiger partial charge in [-0.1, -0.05) is 6.07 Å². The first-order valence-electron chi connectivity index (χ1n) is 4.75. The largest absolute Gasteiger partial charge is 0.385 e. The zero-order valence-electron chi connectivity index (χ0n) is 8.85. The smallest absolute Gasteiger partial charge is 0.221 e. The highest BCUT2D eigenvalue weighted by Crippen LogP contribution is 2.19. The number of aryl methyl sites for hydroxylation is 1. The van der Waals surface area contributed by atoms with Gasteiger partial charge in [-0.3, -0.25) is 4.79 Å². The molecule has 0 fully saturated rings. The van der Waals surface area contributed by atoms with Gasteiger partial charge in [0.05, 0.1) is 0 Å². The summed E-state index contributed by atoms with van der Waals surface area (Å²) in [6, 6.07) is 5.83. The number of rotatable bonds is 3. The summed E-state index contributed by atoms with van der Waals surface area (Å²) in [5.41, 5.74) is 3.08. The van der Waals surface area contributed by atoms with Gasteiger partial charge in [-0.15, -0.1) is 0 Å². The highest BCUT2D eigenvalue weighted by atomic mass is 16.1. The molecule has 14 heavy (non-hydrogen) atoms. The number of hydrogen-bond donors (Lipinski definition) is 2. The molecule has 1 rings (SSSR count). The molecular formula is C11H16N2O. The van der Waals surface area contributed by atoms with Crippen molar-refractivity contribution in [3.05, 3.63) is 23.8 Å². The lowest BCUT2D eigenvalue weighted by Crippen LogP contribution is -2.07. The first-order chi connectivity index (χ1) is 6.63. The average molecular weight is 192 g/mol. The van der Waals surface area contributed by atoms with Crippen molar-refractivity contribution < 1.29 is 4.79 Å². The first kappa shape index (κ1) is 10.6. The van der Waals surface area contributed by atoms with Crippen molar-refractivity contribution in [3.8, 4) is 0 Å². The van der Waals surface area contributed by atoms with Gasteiger partial charge in [0.25, 0.3) is 0 Å². The molecule has 1 aromatic rings. The highest BCUT2D eigenvalue weighted by molar-refractivity contribution is 5.89. The van der Waals surface area contributed by atoms with Gasteiger partial charge in [0.1, 0.15) is 0 Å². The lowest BCUT2D eigenvalue weighted by Gasteiger charge is -2.09. The Morgan fingerprint density at radius 1 is 1.43 bits per heavy atom. The first-order valence-corrected chi connectivity index (χ1v) is 4.75. The molecule has 3 heteroatoms. The molecule has 0 radical (unpaired) electrons. The molecule has 0 aliphatic heterocycles. The van der Waals surface area contributed by atoms with Crippen molar-refractivity contribution in [1.82, 2.24) is 0 Å². The van der Waals surface area contributed by atoms with Crippen LogP contribution in [0.15, 0.2) is 18.2 Å². The highest BCUT2D eigenvalue weighted by Gasteiger charge is 2.00. The molecule has 76 valence electrons. The molecule has 2 N–H and O–H groups in total. The average Bonchev–Trinajstić information content (AvgIpc) is 2.10. The molecule has 1 aromatic carbocycles. The molecule has 0 spiro atoms. The van der Waals surface area contributed by atoms with Crippen LogP contribution in [0, 0.1) is 6.92 Å². The monoisotopic (exact) mass is 192 g/mol. The SMILES string of the molecule is CCNc1cc(NC(C)=O)ccc1C. The van der Waals surface area contributed by atoms with E-state index >= 15 is 0 Å². The maximum Gasteiger partial charge on any atom is 0.221 e. The van der Waals surface area contributed by atoms with Crippen LogP contribution in [-0.4, -0.2) is 12.5 Å². The number of benzene rings is 1. The van der Waals surface area contributed by atoms with Crippen molar-refractivity contribution in [2.24, 2.45) is 0 Å². The summed E-state index contributed by atoms with van der Waals surface area (Å²) >= 11 is 0. The van der Waals surface area contributed by atoms with Crippen LogP contribution in [0.5, 0.6) is 0 Å². The van der Waals surface area contributed by atoms with Gasteiger partial charge in [0.2, 0.25) is 5.91 Å². The predicted molar refractivity (Wildman–Crippen MR) is 59.6 cm³/mol. The number of nitrogens with one attached hydrogen (secondary N) is 2. The van der Waals surface area contributed by atoms with E-state index in [4.69, 9.17) is 0 Å². The second-order valence-corrected chi connectivity index (χ2v) is 3.24. The molecule has 0 saturated carbocycles. The van der Waals surface area contributed by atoms with E-state index in [1.165, 1.54) is 12.5 Å². The van der Waals surface area contributed by atoms with Crippen LogP contribution in [0.25, 0.3) is 0 Å². The van der Waals surface area contributed by atoms with Crippen LogP contribution < -0.4 is 10.6 Å². The second kappa shape index (κ2) is 4.65. The van der Waals surface area contributed by atoms with Crippen molar-refractivity contribution in [2.75, 3.05) is 17.2 Å². The minimum absolute atomic E-state index is 0.0451. The Morgan fingerprint density at radius 2 is 2.14 bits per heavy atom. The summed E-state index contributed by atoms with van der Waals surface area (Å²) in [6.07, 6.45) is 0. The fourth-order valence-corrected chi connectivity index (χ4v) is 1.28. The van der Waals surface area contributed by atoms with Crippen LogP contribution in [0.2, 0.25) is 0 Å². The maximum atomic E-state index is 10.8. The Morgan fingerprint density at radius 3 is 2.71 bits per heavy atom. The number of hydrogen-bond acceptors (Lipinski definition) is 2. The molecule has 0 bridgehead atoms. The zero-order valence-corrected chi connectivity index (χ0v) is 8.85. The van der Waals surface area contributed by atoms with Crippen LogP contribution >= 0.6 is 0 Å². The fourth-order valence-electron chi connectivity index (χ4n) is 1.28. The predicted octanol–water partition coefficient (Wildman–Crippen LogP) is 2.39. The molecule has 0 aromatic heterocycles. The summed E-state index contributed by atoms with van der Waals surface area (Å²) in [5, 5.41) is 5.99. The van der Waals surface area contributed by atoms with Gasteiger partial charge in [-0.25, -0.2) is 0 Å². The van der Waals surface area contributed by atoms with E-state index in [0.29, 0.717) is 0 Å². The number of amides is 1. The normalized spacial score (nSPS) is 9.64. The molecule has 0 aliphatic carbocycles. The summed E-state index contributed by atoms with van der Waals surface area (Å²) in [5.74, 6) is -0.0451. The third-order valence-corrected chi connectivity index (χ3v) is 1.93. The van der Waals surface area contributed by atoms with E-state index in [1.807, 2.05) is 32.0 Å². The molecule has 0 atom stereocenters. The topological polar surface area (TPSA) is 41.1 Å². The summed E-state index contributed by atoms with van der Waals surface area (Å²) < 4.78 is 0. The third kappa shape index (κ3) is 2.76. The molecule has 1 amide bonds. The van der Waals surface area contributed by atoms with Crippen LogP contribution in [0.3, 0.4) is 0 Å². The quantitative estimate of drug-likeness (QED) is 0.772. The van der Waals surface area contributed by atoms with E-state index in [2.05, 4.69) is 10.6 Å². The van der Waals surface area contributed by atoms with Gasteiger partial charge in [-0.05, 0) is 31.5 Å². The van der Waals surface area contributed by atoms with Gasteiger partial charge in [-0.2, -0.15) is 0 Å². The number of carbonyl (C=O) groups is 1. The van der Waals surface area contributed by atoms with Gasteiger partial charge < -0.3 is 10.6 Å².